The fourth-order valence-electron chi connectivity index (χ4n) is 2.71. The molecule has 1 nitrogen and oxygen atoms in total. The second-order valence-corrected chi connectivity index (χ2v) is 6.04. The zero-order valence-corrected chi connectivity index (χ0v) is 14.0. The van der Waals surface area contributed by atoms with E-state index in [1.54, 1.807) is 0 Å². The Morgan fingerprint density at radius 3 is 1.63 bits per heavy atom. The molecule has 0 aliphatic carbocycles. The Bertz CT molecular complexity index is 863. The van der Waals surface area contributed by atoms with Gasteiger partial charge in [0.1, 0.15) is 17.2 Å². The zero-order valence-electron chi connectivity index (χ0n) is 14.0. The van der Waals surface area contributed by atoms with E-state index in [1.165, 1.54) is 26.0 Å². The number of halogens is 8. The standard InChI is InChI=1S/C18H12F8O/c1-7-3-9(4-8(2)13(7)19)5-10(27)6-11-14(20)16(22)12(18(24,25)26)17(23)15(11)21/h3-4H,5-6H2,1-2H3. The molecule has 0 spiro atoms. The number of benzene rings is 2. The van der Waals surface area contributed by atoms with Crippen LogP contribution in [0, 0.1) is 42.9 Å². The molecule has 0 N–H and O–H groups in total. The van der Waals surface area contributed by atoms with Gasteiger partial charge in [-0.05, 0) is 30.5 Å². The summed E-state index contributed by atoms with van der Waals surface area (Å²) < 4.78 is 106. The smallest absolute Gasteiger partial charge is 0.299 e. The Morgan fingerprint density at radius 2 is 1.22 bits per heavy atom. The fourth-order valence-corrected chi connectivity index (χ4v) is 2.71. The Hall–Kier alpha value is -2.45. The number of aryl methyl sites for hydroxylation is 2. The summed E-state index contributed by atoms with van der Waals surface area (Å²) in [5.41, 5.74) is -3.43. The van der Waals surface area contributed by atoms with Gasteiger partial charge in [0.2, 0.25) is 0 Å². The fraction of sp³-hybridized carbons (Fsp3) is 0.278. The molecule has 0 atom stereocenters. The number of alkyl halides is 3. The molecule has 2 aromatic rings. The predicted molar refractivity (Wildman–Crippen MR) is 79.6 cm³/mol. The molecule has 0 radical (unpaired) electrons. The quantitative estimate of drug-likeness (QED) is 0.502. The molecular formula is C18H12F8O. The van der Waals surface area contributed by atoms with E-state index in [0.717, 1.165) is 0 Å². The second-order valence-electron chi connectivity index (χ2n) is 6.04. The van der Waals surface area contributed by atoms with Crippen LogP contribution in [0.25, 0.3) is 0 Å². The van der Waals surface area contributed by atoms with Gasteiger partial charge >= 0.3 is 6.18 Å². The van der Waals surface area contributed by atoms with Crippen LogP contribution in [0.3, 0.4) is 0 Å². The molecule has 0 unspecified atom stereocenters. The van der Waals surface area contributed by atoms with Gasteiger partial charge in [-0.1, -0.05) is 12.1 Å². The monoisotopic (exact) mass is 396 g/mol. The van der Waals surface area contributed by atoms with E-state index in [9.17, 15) is 39.9 Å². The van der Waals surface area contributed by atoms with Crippen molar-refractivity contribution in [1.82, 2.24) is 0 Å². The number of carbonyl (C=O) groups is 1. The van der Waals surface area contributed by atoms with E-state index >= 15 is 0 Å². The maximum absolute atomic E-state index is 13.8. The van der Waals surface area contributed by atoms with Gasteiger partial charge in [-0.25, -0.2) is 22.0 Å². The van der Waals surface area contributed by atoms with Crippen molar-refractivity contribution in [3.8, 4) is 0 Å². The highest BCUT2D eigenvalue weighted by Gasteiger charge is 2.42. The third-order valence-electron chi connectivity index (χ3n) is 3.91. The molecule has 9 heteroatoms. The van der Waals surface area contributed by atoms with Gasteiger partial charge in [0.05, 0.1) is 0 Å². The highest BCUT2D eigenvalue weighted by molar-refractivity contribution is 5.83. The molecule has 0 bridgehead atoms. The van der Waals surface area contributed by atoms with Crippen molar-refractivity contribution in [1.29, 1.82) is 0 Å². The van der Waals surface area contributed by atoms with E-state index in [2.05, 4.69) is 0 Å². The van der Waals surface area contributed by atoms with Crippen molar-refractivity contribution in [3.63, 3.8) is 0 Å². The molecule has 0 heterocycles. The van der Waals surface area contributed by atoms with Crippen molar-refractivity contribution in [3.05, 3.63) is 69.0 Å². The molecule has 0 aliphatic rings. The zero-order chi connectivity index (χ0) is 20.7. The average molecular weight is 396 g/mol. The summed E-state index contributed by atoms with van der Waals surface area (Å²) in [6, 6.07) is 2.61. The van der Waals surface area contributed by atoms with Gasteiger partial charge in [-0.3, -0.25) is 4.79 Å². The van der Waals surface area contributed by atoms with Crippen LogP contribution in [0.5, 0.6) is 0 Å². The number of hydrogen-bond donors (Lipinski definition) is 0. The highest BCUT2D eigenvalue weighted by Crippen LogP contribution is 2.37. The number of carbonyl (C=O) groups excluding carboxylic acids is 1. The van der Waals surface area contributed by atoms with E-state index < -0.39 is 65.0 Å². The van der Waals surface area contributed by atoms with Crippen LogP contribution < -0.4 is 0 Å². The normalized spacial score (nSPS) is 11.8. The topological polar surface area (TPSA) is 17.1 Å². The van der Waals surface area contributed by atoms with E-state index in [1.807, 2.05) is 0 Å². The molecule has 2 aromatic carbocycles. The Labute approximate surface area is 148 Å². The van der Waals surface area contributed by atoms with Crippen LogP contribution >= 0.6 is 0 Å². The van der Waals surface area contributed by atoms with Gasteiger partial charge < -0.3 is 0 Å². The minimum atomic E-state index is -5.65. The average Bonchev–Trinajstić information content (AvgIpc) is 2.53. The molecule has 0 saturated carbocycles. The molecule has 0 fully saturated rings. The summed E-state index contributed by atoms with van der Waals surface area (Å²) in [5, 5.41) is 0. The van der Waals surface area contributed by atoms with Crippen LogP contribution in [-0.4, -0.2) is 5.78 Å². The Kier molecular flexibility index (Phi) is 5.63. The summed E-state index contributed by atoms with van der Waals surface area (Å²) in [6.07, 6.45) is -7.27. The van der Waals surface area contributed by atoms with Crippen LogP contribution in [0.1, 0.15) is 27.8 Å². The van der Waals surface area contributed by atoms with Crippen molar-refractivity contribution in [2.75, 3.05) is 0 Å². The van der Waals surface area contributed by atoms with Crippen LogP contribution in [0.4, 0.5) is 35.1 Å². The number of ketones is 1. The van der Waals surface area contributed by atoms with Crippen LogP contribution in [-0.2, 0) is 23.8 Å². The van der Waals surface area contributed by atoms with Crippen molar-refractivity contribution >= 4 is 5.78 Å². The van der Waals surface area contributed by atoms with Crippen LogP contribution in [0.15, 0.2) is 12.1 Å². The summed E-state index contributed by atoms with van der Waals surface area (Å²) in [5.74, 6) is -11.2. The number of rotatable bonds is 4. The predicted octanol–water partition coefficient (Wildman–Crippen LogP) is 5.37. The molecule has 2 rings (SSSR count). The van der Waals surface area contributed by atoms with Crippen molar-refractivity contribution < 1.29 is 39.9 Å². The Morgan fingerprint density at radius 1 is 0.778 bits per heavy atom. The summed E-state index contributed by atoms with van der Waals surface area (Å²) in [6.45, 7) is 2.85. The SMILES string of the molecule is Cc1cc(CC(=O)Cc2c(F)c(F)c(C(F)(F)F)c(F)c2F)cc(C)c1F. The first-order chi connectivity index (χ1) is 12.3. The van der Waals surface area contributed by atoms with E-state index in [4.69, 9.17) is 0 Å². The lowest BCUT2D eigenvalue weighted by molar-refractivity contribution is -0.143. The number of hydrogen-bond acceptors (Lipinski definition) is 1. The van der Waals surface area contributed by atoms with Gasteiger partial charge in [-0.15, -0.1) is 0 Å². The molecule has 0 saturated heterocycles. The lowest BCUT2D eigenvalue weighted by Crippen LogP contribution is -2.19. The lowest BCUT2D eigenvalue weighted by Gasteiger charge is -2.14. The molecule has 0 aliphatic heterocycles. The van der Waals surface area contributed by atoms with Gasteiger partial charge in [0.15, 0.2) is 23.3 Å². The van der Waals surface area contributed by atoms with E-state index in [-0.39, 0.29) is 16.7 Å². The van der Waals surface area contributed by atoms with Crippen molar-refractivity contribution in [2.45, 2.75) is 32.9 Å². The third-order valence-corrected chi connectivity index (χ3v) is 3.91. The lowest BCUT2D eigenvalue weighted by atomic mass is 9.97. The van der Waals surface area contributed by atoms with Crippen LogP contribution in [0.2, 0.25) is 0 Å². The maximum atomic E-state index is 13.8. The molecule has 27 heavy (non-hydrogen) atoms. The third kappa shape index (κ3) is 4.12. The first-order valence-corrected chi connectivity index (χ1v) is 7.53. The van der Waals surface area contributed by atoms with E-state index in [0.29, 0.717) is 0 Å². The molecule has 146 valence electrons. The first kappa shape index (κ1) is 20.9. The largest absolute Gasteiger partial charge is 0.422 e. The second kappa shape index (κ2) is 7.28. The van der Waals surface area contributed by atoms with Gasteiger partial charge in [-0.2, -0.15) is 13.2 Å². The molecule has 0 amide bonds. The Balaban J connectivity index is 2.36. The van der Waals surface area contributed by atoms with Gasteiger partial charge in [0, 0.05) is 18.4 Å². The minimum absolute atomic E-state index is 0.210. The van der Waals surface area contributed by atoms with Crippen molar-refractivity contribution in [2.24, 2.45) is 0 Å². The summed E-state index contributed by atoms with van der Waals surface area (Å²) >= 11 is 0. The molecular weight excluding hydrogens is 384 g/mol. The minimum Gasteiger partial charge on any atom is -0.299 e. The van der Waals surface area contributed by atoms with Gasteiger partial charge in [0.25, 0.3) is 0 Å². The maximum Gasteiger partial charge on any atom is 0.422 e. The summed E-state index contributed by atoms with van der Waals surface area (Å²) in [7, 11) is 0. The first-order valence-electron chi connectivity index (χ1n) is 7.53. The molecule has 0 aromatic heterocycles. The highest BCUT2D eigenvalue weighted by atomic mass is 19.4. The number of Topliss-reactive ketones (excluding diaryl/α,β-unsaturated/α-hetero) is 1. The summed E-state index contributed by atoms with van der Waals surface area (Å²) in [4.78, 5) is 12.0.